The molecule has 4 N–H and O–H groups in total. The first-order valence-electron chi connectivity index (χ1n) is 5.85. The molecule has 22 heavy (non-hydrogen) atoms. The number of hydrogen-bond acceptors (Lipinski definition) is 10. The molecule has 0 aromatic carbocycles. The van der Waals surface area contributed by atoms with Gasteiger partial charge in [0.05, 0.1) is 50.6 Å². The van der Waals surface area contributed by atoms with E-state index in [2.05, 4.69) is 8.37 Å². The summed E-state index contributed by atoms with van der Waals surface area (Å²) in [6.45, 7) is -0.588. The molecule has 132 valence electrons. The zero-order valence-electron chi connectivity index (χ0n) is 11.6. The van der Waals surface area contributed by atoms with Crippen molar-refractivity contribution in [1.29, 1.82) is 0 Å². The van der Waals surface area contributed by atoms with Crippen LogP contribution in [0.3, 0.4) is 0 Å². The molecule has 0 aliphatic heterocycles. The predicted octanol–water partition coefficient (Wildman–Crippen LogP) is -3.63. The Hall–Kier alpha value is 0.660. The van der Waals surface area contributed by atoms with Crippen LogP contribution < -0.4 is 0 Å². The third-order valence-electron chi connectivity index (χ3n) is 1.58. The number of hydrogen-bond donors (Lipinski definition) is 4. The van der Waals surface area contributed by atoms with Gasteiger partial charge < -0.3 is 20.4 Å². The summed E-state index contributed by atoms with van der Waals surface area (Å²) in [5.74, 6) is -1.14. The van der Waals surface area contributed by atoms with E-state index < -0.39 is 57.7 Å². The number of rotatable bonds is 10. The van der Waals surface area contributed by atoms with Crippen molar-refractivity contribution >= 4 is 49.8 Å². The van der Waals surface area contributed by atoms with Crippen LogP contribution in [0.2, 0.25) is 0 Å². The van der Waals surface area contributed by atoms with Crippen LogP contribution in [0.1, 0.15) is 6.92 Å². The van der Waals surface area contributed by atoms with Crippen molar-refractivity contribution in [2.24, 2.45) is 0 Å². The molecule has 0 spiro atoms. The Morgan fingerprint density at radius 3 is 1.59 bits per heavy atom. The fourth-order valence-corrected chi connectivity index (χ4v) is 2.42. The predicted molar refractivity (Wildman–Crippen MR) is 79.6 cm³/mol. The third-order valence-corrected chi connectivity index (χ3v) is 4.06. The van der Waals surface area contributed by atoms with E-state index in [9.17, 15) is 16.8 Å². The summed E-state index contributed by atoms with van der Waals surface area (Å²) in [7, 11) is -7.75. The summed E-state index contributed by atoms with van der Waals surface area (Å²) in [5.41, 5.74) is 0. The molecular formula is C9H23NaO10S2. The quantitative estimate of drug-likeness (QED) is 0.220. The molecule has 13 heteroatoms. The minimum atomic E-state index is -3.89. The van der Waals surface area contributed by atoms with E-state index in [1.807, 2.05) is 0 Å². The fraction of sp³-hybridized carbons (Fsp3) is 1.00. The van der Waals surface area contributed by atoms with Crippen LogP contribution in [0.4, 0.5) is 0 Å². The molecule has 0 saturated carbocycles. The molecule has 0 heterocycles. The van der Waals surface area contributed by atoms with Gasteiger partial charge >= 0.3 is 29.6 Å². The Balaban J connectivity index is -0.000000640. The SMILES string of the molecule is CC(COS(=O)(=O)CCO)OS(=O)(=O)CCO.OCCO.[NaH]. The average Bonchev–Trinajstić information content (AvgIpc) is 2.36. The molecule has 0 bridgehead atoms. The van der Waals surface area contributed by atoms with Gasteiger partial charge in [0.1, 0.15) is 0 Å². The van der Waals surface area contributed by atoms with E-state index in [1.54, 1.807) is 0 Å². The topological polar surface area (TPSA) is 168 Å². The van der Waals surface area contributed by atoms with Crippen LogP contribution in [0.5, 0.6) is 0 Å². The van der Waals surface area contributed by atoms with E-state index in [4.69, 9.17) is 20.4 Å². The van der Waals surface area contributed by atoms with Gasteiger partial charge in [-0.05, 0) is 6.92 Å². The van der Waals surface area contributed by atoms with Crippen molar-refractivity contribution in [2.75, 3.05) is 44.5 Å². The van der Waals surface area contributed by atoms with Crippen molar-refractivity contribution in [2.45, 2.75) is 13.0 Å². The Kier molecular flexibility index (Phi) is 19.0. The van der Waals surface area contributed by atoms with Crippen molar-refractivity contribution in [3.63, 3.8) is 0 Å². The van der Waals surface area contributed by atoms with E-state index in [1.165, 1.54) is 6.92 Å². The molecule has 0 aromatic rings. The second-order valence-electron chi connectivity index (χ2n) is 3.61. The van der Waals surface area contributed by atoms with Gasteiger partial charge in [-0.3, -0.25) is 8.37 Å². The van der Waals surface area contributed by atoms with E-state index >= 15 is 0 Å². The first kappa shape index (κ1) is 27.5. The molecule has 10 nitrogen and oxygen atoms in total. The van der Waals surface area contributed by atoms with Crippen LogP contribution in [-0.4, -0.2) is 117 Å². The van der Waals surface area contributed by atoms with Crippen LogP contribution in [0.25, 0.3) is 0 Å². The van der Waals surface area contributed by atoms with Crippen LogP contribution in [0.15, 0.2) is 0 Å². The summed E-state index contributed by atoms with van der Waals surface area (Å²) in [5, 5.41) is 32.1. The summed E-state index contributed by atoms with van der Waals surface area (Å²) in [4.78, 5) is 0. The fourth-order valence-electron chi connectivity index (χ4n) is 0.808. The second-order valence-corrected chi connectivity index (χ2v) is 7.08. The monoisotopic (exact) mass is 378 g/mol. The molecule has 0 aliphatic carbocycles. The van der Waals surface area contributed by atoms with Gasteiger partial charge in [0.25, 0.3) is 20.2 Å². The maximum absolute atomic E-state index is 11.1. The Morgan fingerprint density at radius 1 is 0.818 bits per heavy atom. The number of aliphatic hydroxyl groups is 4. The Morgan fingerprint density at radius 2 is 1.23 bits per heavy atom. The standard InChI is InChI=1S/C7H16O8S2.C2H6O2.Na.H/c1-7(15-17(12,13)5-3-9)6-14-16(10,11)4-2-8;3-1-2-4;;/h7-9H,2-6H2,1H3;3-4H,1-2H2;;. The van der Waals surface area contributed by atoms with E-state index in [0.29, 0.717) is 0 Å². The summed E-state index contributed by atoms with van der Waals surface area (Å²) >= 11 is 0. The summed E-state index contributed by atoms with van der Waals surface area (Å²) in [6.07, 6.45) is -1.000. The van der Waals surface area contributed by atoms with Gasteiger partial charge in [0, 0.05) is 0 Å². The zero-order valence-corrected chi connectivity index (χ0v) is 13.2. The van der Waals surface area contributed by atoms with Gasteiger partial charge in [-0.15, -0.1) is 0 Å². The van der Waals surface area contributed by atoms with E-state index in [0.717, 1.165) is 0 Å². The van der Waals surface area contributed by atoms with Crippen LogP contribution >= 0.6 is 0 Å². The third kappa shape index (κ3) is 18.7. The normalized spacial score (nSPS) is 12.8. The molecule has 0 amide bonds. The minimum absolute atomic E-state index is 0. The molecule has 0 radical (unpaired) electrons. The van der Waals surface area contributed by atoms with Gasteiger partial charge in [0.15, 0.2) is 0 Å². The van der Waals surface area contributed by atoms with E-state index in [-0.39, 0.29) is 42.8 Å². The van der Waals surface area contributed by atoms with Crippen molar-refractivity contribution < 1.29 is 45.6 Å². The summed E-state index contributed by atoms with van der Waals surface area (Å²) in [6, 6.07) is 0. The Labute approximate surface area is 152 Å². The molecule has 0 aliphatic rings. The van der Waals surface area contributed by atoms with Crippen LogP contribution in [0, 0.1) is 0 Å². The van der Waals surface area contributed by atoms with Crippen molar-refractivity contribution in [1.82, 2.24) is 0 Å². The molecule has 1 atom stereocenters. The molecular weight excluding hydrogens is 355 g/mol. The van der Waals surface area contributed by atoms with Gasteiger partial charge in [0.2, 0.25) is 0 Å². The van der Waals surface area contributed by atoms with Gasteiger partial charge in [-0.2, -0.15) is 16.8 Å². The van der Waals surface area contributed by atoms with Crippen molar-refractivity contribution in [3.05, 3.63) is 0 Å². The summed E-state index contributed by atoms with van der Waals surface area (Å²) < 4.78 is 53.1. The molecule has 0 aromatic heterocycles. The molecule has 0 saturated heterocycles. The van der Waals surface area contributed by atoms with Crippen LogP contribution in [-0.2, 0) is 28.6 Å². The molecule has 0 rings (SSSR count). The first-order chi connectivity index (χ1) is 9.64. The Bertz CT molecular complexity index is 433. The second kappa shape index (κ2) is 15.2. The first-order valence-corrected chi connectivity index (χ1v) is 9.01. The van der Waals surface area contributed by atoms with Crippen molar-refractivity contribution in [3.8, 4) is 0 Å². The van der Waals surface area contributed by atoms with Gasteiger partial charge in [-0.1, -0.05) is 0 Å². The maximum atomic E-state index is 11.1. The average molecular weight is 378 g/mol. The molecule has 1 unspecified atom stereocenters. The molecule has 0 fully saturated rings. The number of aliphatic hydroxyl groups excluding tert-OH is 4. The van der Waals surface area contributed by atoms with Gasteiger partial charge in [-0.25, -0.2) is 0 Å². The zero-order chi connectivity index (χ0) is 16.9.